The van der Waals surface area contributed by atoms with Gasteiger partial charge in [0.2, 0.25) is 0 Å². The lowest BCUT2D eigenvalue weighted by Crippen LogP contribution is -2.41. The molecule has 0 radical (unpaired) electrons. The summed E-state index contributed by atoms with van der Waals surface area (Å²) in [7, 11) is 1.63. The zero-order chi connectivity index (χ0) is 17.8. The van der Waals surface area contributed by atoms with Gasteiger partial charge in [0, 0.05) is 9.62 Å². The molecule has 0 N–H and O–H groups in total. The number of ether oxygens (including phenoxy) is 1. The number of carbonyl (C=O) groups is 1. The normalized spacial score (nSPS) is 24.8. The summed E-state index contributed by atoms with van der Waals surface area (Å²) in [6.07, 6.45) is 0. The number of fused-ring (bicyclic) bond motifs is 1. The summed E-state index contributed by atoms with van der Waals surface area (Å²) < 4.78 is 5.00. The van der Waals surface area contributed by atoms with Crippen LogP contribution in [-0.4, -0.2) is 33.8 Å². The number of rotatable bonds is 3. The van der Waals surface area contributed by atoms with Crippen LogP contribution in [0.2, 0.25) is 0 Å². The zero-order valence-electron chi connectivity index (χ0n) is 14.1. The Morgan fingerprint density at radius 1 is 1.20 bits per heavy atom. The van der Waals surface area contributed by atoms with Gasteiger partial charge in [-0.1, -0.05) is 6.07 Å². The molecule has 1 amide bonds. The van der Waals surface area contributed by atoms with E-state index < -0.39 is 0 Å². The summed E-state index contributed by atoms with van der Waals surface area (Å²) in [6, 6.07) is 11.4. The number of amides is 1. The number of nitrogens with zero attached hydrogens (tertiary/aromatic N) is 2. The number of hydrogen-bond donors (Lipinski definition) is 0. The number of benzene rings is 1. The van der Waals surface area contributed by atoms with Crippen molar-refractivity contribution in [3.8, 4) is 5.75 Å². The lowest BCUT2D eigenvalue weighted by atomic mass is 10.0. The maximum absolute atomic E-state index is 13.2. The first-order chi connectivity index (χ1) is 11.9. The molecule has 2 atom stereocenters. The van der Waals surface area contributed by atoms with Gasteiger partial charge in [0.05, 0.1) is 12.8 Å². The summed E-state index contributed by atoms with van der Waals surface area (Å²) in [4.78, 5) is 18.2. The highest BCUT2D eigenvalue weighted by atomic mass is 32.2. The molecule has 0 bridgehead atoms. The molecule has 3 heterocycles. The fourth-order valence-corrected chi connectivity index (χ4v) is 6.37. The molecule has 1 aromatic heterocycles. The van der Waals surface area contributed by atoms with E-state index in [9.17, 15) is 4.79 Å². The number of thioether (sulfide) groups is 1. The molecule has 0 aliphatic carbocycles. The monoisotopic (exact) mass is 390 g/mol. The highest BCUT2D eigenvalue weighted by Crippen LogP contribution is 2.56. The van der Waals surface area contributed by atoms with Crippen LogP contribution >= 0.6 is 35.3 Å². The van der Waals surface area contributed by atoms with E-state index in [1.54, 1.807) is 23.3 Å². The number of thiocarbonyl (C=S) groups is 1. The van der Waals surface area contributed by atoms with Gasteiger partial charge in [-0.15, -0.1) is 23.1 Å². The van der Waals surface area contributed by atoms with E-state index in [4.69, 9.17) is 17.0 Å². The van der Waals surface area contributed by atoms with Crippen molar-refractivity contribution in [2.45, 2.75) is 30.0 Å². The van der Waals surface area contributed by atoms with Crippen LogP contribution < -0.4 is 9.64 Å². The number of anilines is 1. The highest BCUT2D eigenvalue weighted by molar-refractivity contribution is 8.01. The molecule has 0 unspecified atom stereocenters. The first-order valence-corrected chi connectivity index (χ1v) is 10.1. The van der Waals surface area contributed by atoms with Crippen LogP contribution in [0.4, 0.5) is 5.69 Å². The Labute approximate surface area is 160 Å². The molecule has 2 aliphatic rings. The van der Waals surface area contributed by atoms with Crippen LogP contribution in [0.1, 0.15) is 24.1 Å². The van der Waals surface area contributed by atoms with Crippen LogP contribution in [0.15, 0.2) is 41.8 Å². The largest absolute Gasteiger partial charge is 0.497 e. The molecule has 130 valence electrons. The maximum Gasteiger partial charge on any atom is 0.257 e. The quantitative estimate of drug-likeness (QED) is 0.731. The van der Waals surface area contributed by atoms with Gasteiger partial charge < -0.3 is 9.64 Å². The molecule has 7 heteroatoms. The van der Waals surface area contributed by atoms with Crippen molar-refractivity contribution >= 4 is 52.0 Å². The molecule has 0 saturated carbocycles. The zero-order valence-corrected chi connectivity index (χ0v) is 16.6. The Balaban J connectivity index is 1.74. The molecule has 2 fully saturated rings. The first kappa shape index (κ1) is 16.9. The van der Waals surface area contributed by atoms with Crippen molar-refractivity contribution in [1.29, 1.82) is 0 Å². The standard InChI is InChI=1S/C18H18N2O2S3/c1-18(2)14-15(21)19(11-6-8-12(22-3)9-7-11)17(23)20(14)16(25-18)13-5-4-10-24-13/h4-10,14,16H,1-3H3/t14-,16-/m0/s1. The van der Waals surface area contributed by atoms with E-state index in [1.807, 2.05) is 42.1 Å². The van der Waals surface area contributed by atoms with Gasteiger partial charge in [-0.3, -0.25) is 9.69 Å². The second-order valence-electron chi connectivity index (χ2n) is 6.55. The summed E-state index contributed by atoms with van der Waals surface area (Å²) in [5, 5.41) is 2.73. The minimum absolute atomic E-state index is 0.0479. The first-order valence-electron chi connectivity index (χ1n) is 7.95. The second-order valence-corrected chi connectivity index (χ2v) is 9.63. The van der Waals surface area contributed by atoms with Gasteiger partial charge in [-0.05, 0) is 61.8 Å². The van der Waals surface area contributed by atoms with Gasteiger partial charge in [-0.25, -0.2) is 0 Å². The topological polar surface area (TPSA) is 32.8 Å². The van der Waals surface area contributed by atoms with Crippen molar-refractivity contribution < 1.29 is 9.53 Å². The lowest BCUT2D eigenvalue weighted by molar-refractivity contribution is -0.120. The fraction of sp³-hybridized carbons (Fsp3) is 0.333. The smallest absolute Gasteiger partial charge is 0.257 e. The van der Waals surface area contributed by atoms with Crippen LogP contribution in [-0.2, 0) is 4.79 Å². The molecule has 0 spiro atoms. The molecule has 25 heavy (non-hydrogen) atoms. The summed E-state index contributed by atoms with van der Waals surface area (Å²) in [6.45, 7) is 4.25. The van der Waals surface area contributed by atoms with Crippen LogP contribution in [0.3, 0.4) is 0 Å². The molecule has 2 aromatic rings. The van der Waals surface area contributed by atoms with Crippen LogP contribution in [0.5, 0.6) is 5.75 Å². The molecule has 1 aromatic carbocycles. The Morgan fingerprint density at radius 3 is 2.52 bits per heavy atom. The van der Waals surface area contributed by atoms with E-state index in [0.717, 1.165) is 11.4 Å². The average molecular weight is 391 g/mol. The molecule has 4 nitrogen and oxygen atoms in total. The van der Waals surface area contributed by atoms with Crippen molar-refractivity contribution in [3.05, 3.63) is 46.7 Å². The fourth-order valence-electron chi connectivity index (χ4n) is 3.43. The molecule has 4 rings (SSSR count). The van der Waals surface area contributed by atoms with Crippen LogP contribution in [0.25, 0.3) is 0 Å². The van der Waals surface area contributed by atoms with Gasteiger partial charge in [0.15, 0.2) is 5.11 Å². The van der Waals surface area contributed by atoms with Crippen molar-refractivity contribution in [2.24, 2.45) is 0 Å². The number of methoxy groups -OCH3 is 1. The Kier molecular flexibility index (Phi) is 4.05. The van der Waals surface area contributed by atoms with E-state index in [0.29, 0.717) is 5.11 Å². The predicted octanol–water partition coefficient (Wildman–Crippen LogP) is 4.28. The lowest BCUT2D eigenvalue weighted by Gasteiger charge is -2.24. The predicted molar refractivity (Wildman–Crippen MR) is 107 cm³/mol. The van der Waals surface area contributed by atoms with Crippen LogP contribution in [0, 0.1) is 0 Å². The Hall–Kier alpha value is -1.57. The summed E-state index contributed by atoms with van der Waals surface area (Å²) in [5.41, 5.74) is 0.788. The minimum Gasteiger partial charge on any atom is -0.497 e. The minimum atomic E-state index is -0.251. The SMILES string of the molecule is COc1ccc(N2C(=O)[C@@H]3N(C2=S)[C@H](c2cccs2)SC3(C)C)cc1. The van der Waals surface area contributed by atoms with Gasteiger partial charge in [-0.2, -0.15) is 0 Å². The van der Waals surface area contributed by atoms with E-state index in [2.05, 4.69) is 30.2 Å². The van der Waals surface area contributed by atoms with Crippen molar-refractivity contribution in [2.75, 3.05) is 12.0 Å². The van der Waals surface area contributed by atoms with Crippen molar-refractivity contribution in [1.82, 2.24) is 4.90 Å². The van der Waals surface area contributed by atoms with E-state index in [-0.39, 0.29) is 22.1 Å². The molecule has 2 saturated heterocycles. The van der Waals surface area contributed by atoms with Gasteiger partial charge in [0.1, 0.15) is 17.2 Å². The van der Waals surface area contributed by atoms with Gasteiger partial charge in [0.25, 0.3) is 5.91 Å². The third-order valence-electron chi connectivity index (χ3n) is 4.59. The molecular weight excluding hydrogens is 372 g/mol. The Bertz CT molecular complexity index is 817. The summed E-state index contributed by atoms with van der Waals surface area (Å²) in [5.74, 6) is 0.806. The number of hydrogen-bond acceptors (Lipinski definition) is 5. The molecular formula is C18H18N2O2S3. The van der Waals surface area contributed by atoms with Crippen molar-refractivity contribution in [3.63, 3.8) is 0 Å². The third-order valence-corrected chi connectivity index (χ3v) is 7.59. The third kappa shape index (κ3) is 2.56. The number of carbonyl (C=O) groups excluding carboxylic acids is 1. The average Bonchev–Trinajstić information content (AvgIpc) is 3.26. The highest BCUT2D eigenvalue weighted by Gasteiger charge is 2.59. The second kappa shape index (κ2) is 6.00. The van der Waals surface area contributed by atoms with Gasteiger partial charge >= 0.3 is 0 Å². The van der Waals surface area contributed by atoms with E-state index in [1.165, 1.54) is 4.88 Å². The number of thiophene rings is 1. The van der Waals surface area contributed by atoms with E-state index >= 15 is 0 Å². The summed E-state index contributed by atoms with van der Waals surface area (Å²) >= 11 is 9.26. The Morgan fingerprint density at radius 2 is 1.92 bits per heavy atom. The maximum atomic E-state index is 13.2. The molecule has 2 aliphatic heterocycles.